The average Bonchev–Trinajstić information content (AvgIpc) is 2.98. The number of amides is 1. The maximum Gasteiger partial charge on any atom is 0.222 e. The molecule has 1 heterocycles. The molecule has 3 rings (SSSR count). The van der Waals surface area contributed by atoms with Crippen LogP contribution in [0, 0.1) is 0 Å². The maximum absolute atomic E-state index is 11.1. The summed E-state index contributed by atoms with van der Waals surface area (Å²) < 4.78 is 6.48. The molecular weight excluding hydrogens is 342 g/mol. The topological polar surface area (TPSA) is 63.2 Å². The van der Waals surface area contributed by atoms with Gasteiger partial charge in [0.2, 0.25) is 5.91 Å². The standard InChI is InChI=1S/C17H15N3O2S2/c1-10(21)18-17(23)20-13-9-11(7-8-14(13)22-2)16-19-12-5-3-4-6-15(12)24-16/h3-9H,1-2H3,(H2,18,20,21,23). The Bertz CT molecular complexity index is 888. The van der Waals surface area contributed by atoms with Crippen molar-refractivity contribution in [1.29, 1.82) is 0 Å². The van der Waals surface area contributed by atoms with E-state index in [0.717, 1.165) is 20.8 Å². The minimum absolute atomic E-state index is 0.224. The summed E-state index contributed by atoms with van der Waals surface area (Å²) in [5.74, 6) is 0.404. The molecule has 0 saturated carbocycles. The van der Waals surface area contributed by atoms with E-state index in [0.29, 0.717) is 11.4 Å². The molecule has 0 aliphatic rings. The van der Waals surface area contributed by atoms with Crippen LogP contribution in [-0.2, 0) is 4.79 Å². The molecule has 2 aromatic carbocycles. The number of hydrogen-bond acceptors (Lipinski definition) is 5. The van der Waals surface area contributed by atoms with Gasteiger partial charge in [-0.2, -0.15) is 0 Å². The summed E-state index contributed by atoms with van der Waals surface area (Å²) in [5, 5.41) is 6.66. The van der Waals surface area contributed by atoms with Crippen LogP contribution in [-0.4, -0.2) is 23.1 Å². The van der Waals surface area contributed by atoms with Gasteiger partial charge in [-0.25, -0.2) is 4.98 Å². The van der Waals surface area contributed by atoms with Crippen molar-refractivity contribution >= 4 is 50.5 Å². The fraction of sp³-hybridized carbons (Fsp3) is 0.118. The van der Waals surface area contributed by atoms with Gasteiger partial charge in [-0.15, -0.1) is 11.3 Å². The van der Waals surface area contributed by atoms with E-state index in [4.69, 9.17) is 17.0 Å². The molecule has 0 fully saturated rings. The van der Waals surface area contributed by atoms with E-state index in [1.54, 1.807) is 18.4 Å². The Labute approximate surface area is 148 Å². The number of fused-ring (bicyclic) bond motifs is 1. The van der Waals surface area contributed by atoms with Crippen molar-refractivity contribution in [2.24, 2.45) is 0 Å². The number of rotatable bonds is 3. The highest BCUT2D eigenvalue weighted by Crippen LogP contribution is 2.34. The van der Waals surface area contributed by atoms with Crippen molar-refractivity contribution in [3.8, 4) is 16.3 Å². The minimum atomic E-state index is -0.228. The van der Waals surface area contributed by atoms with Gasteiger partial charge in [0.25, 0.3) is 0 Å². The van der Waals surface area contributed by atoms with Gasteiger partial charge in [0.15, 0.2) is 5.11 Å². The van der Waals surface area contributed by atoms with E-state index in [2.05, 4.69) is 15.6 Å². The monoisotopic (exact) mass is 357 g/mol. The Balaban J connectivity index is 1.96. The molecule has 1 amide bonds. The Morgan fingerprint density at radius 3 is 2.75 bits per heavy atom. The normalized spacial score (nSPS) is 10.4. The zero-order chi connectivity index (χ0) is 17.1. The lowest BCUT2D eigenvalue weighted by molar-refractivity contribution is -0.117. The van der Waals surface area contributed by atoms with Crippen LogP contribution in [0.25, 0.3) is 20.8 Å². The molecule has 0 atom stereocenters. The Kier molecular flexibility index (Phi) is 4.73. The zero-order valence-corrected chi connectivity index (χ0v) is 14.8. The van der Waals surface area contributed by atoms with Crippen molar-refractivity contribution < 1.29 is 9.53 Å². The second kappa shape index (κ2) is 6.94. The third-order valence-corrected chi connectivity index (χ3v) is 4.57. The van der Waals surface area contributed by atoms with E-state index < -0.39 is 0 Å². The summed E-state index contributed by atoms with van der Waals surface area (Å²) in [7, 11) is 1.58. The average molecular weight is 357 g/mol. The van der Waals surface area contributed by atoms with Crippen LogP contribution >= 0.6 is 23.6 Å². The van der Waals surface area contributed by atoms with Gasteiger partial charge in [-0.05, 0) is 42.5 Å². The predicted octanol–water partition coefficient (Wildman–Crippen LogP) is 3.80. The van der Waals surface area contributed by atoms with Crippen molar-refractivity contribution in [2.45, 2.75) is 6.92 Å². The van der Waals surface area contributed by atoms with Crippen molar-refractivity contribution in [2.75, 3.05) is 12.4 Å². The molecule has 24 heavy (non-hydrogen) atoms. The van der Waals surface area contributed by atoms with Gasteiger partial charge in [0, 0.05) is 12.5 Å². The molecule has 0 radical (unpaired) electrons. The van der Waals surface area contributed by atoms with Crippen LogP contribution in [0.3, 0.4) is 0 Å². The molecule has 3 aromatic rings. The highest BCUT2D eigenvalue weighted by Gasteiger charge is 2.11. The van der Waals surface area contributed by atoms with Gasteiger partial charge in [-0.3, -0.25) is 4.79 Å². The van der Waals surface area contributed by atoms with Crippen LogP contribution < -0.4 is 15.4 Å². The molecule has 122 valence electrons. The number of methoxy groups -OCH3 is 1. The fourth-order valence-corrected chi connectivity index (χ4v) is 3.46. The van der Waals surface area contributed by atoms with E-state index in [-0.39, 0.29) is 11.0 Å². The number of anilines is 1. The third kappa shape index (κ3) is 3.52. The number of hydrogen-bond donors (Lipinski definition) is 2. The summed E-state index contributed by atoms with van der Waals surface area (Å²) >= 11 is 6.74. The molecule has 7 heteroatoms. The van der Waals surface area contributed by atoms with Gasteiger partial charge in [0.05, 0.1) is 23.0 Å². The lowest BCUT2D eigenvalue weighted by Crippen LogP contribution is -2.32. The van der Waals surface area contributed by atoms with Crippen molar-refractivity contribution in [3.63, 3.8) is 0 Å². The number of carbonyl (C=O) groups excluding carboxylic acids is 1. The third-order valence-electron chi connectivity index (χ3n) is 3.28. The van der Waals surface area contributed by atoms with E-state index >= 15 is 0 Å². The molecule has 5 nitrogen and oxygen atoms in total. The first-order valence-corrected chi connectivity index (χ1v) is 8.42. The number of nitrogens with one attached hydrogen (secondary N) is 2. The molecule has 1 aromatic heterocycles. The smallest absolute Gasteiger partial charge is 0.222 e. The van der Waals surface area contributed by atoms with E-state index in [9.17, 15) is 4.79 Å². The van der Waals surface area contributed by atoms with Crippen molar-refractivity contribution in [1.82, 2.24) is 10.3 Å². The maximum atomic E-state index is 11.1. The van der Waals surface area contributed by atoms with Gasteiger partial charge in [0.1, 0.15) is 10.8 Å². The van der Waals surface area contributed by atoms with Crippen LogP contribution in [0.15, 0.2) is 42.5 Å². The van der Waals surface area contributed by atoms with Crippen molar-refractivity contribution in [3.05, 3.63) is 42.5 Å². The van der Waals surface area contributed by atoms with Crippen LogP contribution in [0.1, 0.15) is 6.92 Å². The Morgan fingerprint density at radius 1 is 1.25 bits per heavy atom. The first-order valence-electron chi connectivity index (χ1n) is 7.19. The predicted molar refractivity (Wildman–Crippen MR) is 102 cm³/mol. The summed E-state index contributed by atoms with van der Waals surface area (Å²) in [5.41, 5.74) is 2.59. The van der Waals surface area contributed by atoms with Crippen LogP contribution in [0.4, 0.5) is 5.69 Å². The molecule has 0 unspecified atom stereocenters. The fourth-order valence-electron chi connectivity index (χ4n) is 2.25. The molecule has 2 N–H and O–H groups in total. The van der Waals surface area contributed by atoms with Crippen LogP contribution in [0.2, 0.25) is 0 Å². The van der Waals surface area contributed by atoms with Gasteiger partial charge < -0.3 is 15.4 Å². The minimum Gasteiger partial charge on any atom is -0.495 e. The van der Waals surface area contributed by atoms with E-state index in [1.807, 2.05) is 42.5 Å². The molecule has 0 aliphatic carbocycles. The Morgan fingerprint density at radius 2 is 2.04 bits per heavy atom. The lowest BCUT2D eigenvalue weighted by atomic mass is 10.2. The molecular formula is C17H15N3O2S2. The molecule has 0 spiro atoms. The highest BCUT2D eigenvalue weighted by atomic mass is 32.1. The summed E-state index contributed by atoms with van der Waals surface area (Å²) in [6.45, 7) is 1.41. The molecule has 0 saturated heterocycles. The second-order valence-corrected chi connectivity index (χ2v) is 6.48. The number of aromatic nitrogens is 1. The number of ether oxygens (including phenoxy) is 1. The second-order valence-electron chi connectivity index (χ2n) is 5.04. The number of nitrogens with zero attached hydrogens (tertiary/aromatic N) is 1. The largest absolute Gasteiger partial charge is 0.495 e. The number of carbonyl (C=O) groups is 1. The SMILES string of the molecule is COc1ccc(-c2nc3ccccc3s2)cc1NC(=S)NC(C)=O. The highest BCUT2D eigenvalue weighted by molar-refractivity contribution is 7.80. The molecule has 0 bridgehead atoms. The zero-order valence-electron chi connectivity index (χ0n) is 13.1. The summed E-state index contributed by atoms with van der Waals surface area (Å²) in [6.07, 6.45) is 0. The summed E-state index contributed by atoms with van der Waals surface area (Å²) in [4.78, 5) is 15.8. The van der Waals surface area contributed by atoms with Crippen LogP contribution in [0.5, 0.6) is 5.75 Å². The Hall–Kier alpha value is -2.51. The number of thiocarbonyl (C=S) groups is 1. The lowest BCUT2D eigenvalue weighted by Gasteiger charge is -2.13. The quantitative estimate of drug-likeness (QED) is 0.698. The molecule has 0 aliphatic heterocycles. The number of benzene rings is 2. The summed E-state index contributed by atoms with van der Waals surface area (Å²) in [6, 6.07) is 13.7. The van der Waals surface area contributed by atoms with Gasteiger partial charge >= 0.3 is 0 Å². The van der Waals surface area contributed by atoms with Gasteiger partial charge in [-0.1, -0.05) is 12.1 Å². The first-order chi connectivity index (χ1) is 11.6. The number of para-hydroxylation sites is 1. The van der Waals surface area contributed by atoms with E-state index in [1.165, 1.54) is 6.92 Å². The number of thiazole rings is 1. The first kappa shape index (κ1) is 16.4.